The molecule has 35 heavy (non-hydrogen) atoms. The summed E-state index contributed by atoms with van der Waals surface area (Å²) in [4.78, 5) is 16.9. The number of carbonyl (C=O) groups is 1. The predicted molar refractivity (Wildman–Crippen MR) is 131 cm³/mol. The van der Waals surface area contributed by atoms with Crippen LogP contribution in [0.2, 0.25) is 0 Å². The molecule has 0 atom stereocenters. The second-order valence-electron chi connectivity index (χ2n) is 8.37. The molecule has 0 bridgehead atoms. The standard InChI is InChI=1S/C26H22F3N5O/c1-33-16-31-22-5-2-17(13-24(22)33)21-8-10-30-14-19(21)3-7-25(35)32-20-4-6-23-18(12-20)9-11-34(23)15-26(27,28)29/h2-13,16,30H,14-15H2,1H3,(H,32,35)/b7-3+. The van der Waals surface area contributed by atoms with Crippen LogP contribution < -0.4 is 10.6 Å². The minimum atomic E-state index is -4.30. The zero-order valence-corrected chi connectivity index (χ0v) is 18.8. The van der Waals surface area contributed by atoms with E-state index in [1.54, 1.807) is 36.7 Å². The molecule has 1 aliphatic heterocycles. The van der Waals surface area contributed by atoms with Gasteiger partial charge in [-0.25, -0.2) is 4.98 Å². The molecule has 178 valence electrons. The highest BCUT2D eigenvalue weighted by Crippen LogP contribution is 2.27. The molecule has 0 fully saturated rings. The number of nitrogens with one attached hydrogen (secondary N) is 2. The summed E-state index contributed by atoms with van der Waals surface area (Å²) in [5.74, 6) is -0.331. The summed E-state index contributed by atoms with van der Waals surface area (Å²) in [5, 5.41) is 6.57. The van der Waals surface area contributed by atoms with E-state index in [-0.39, 0.29) is 5.91 Å². The lowest BCUT2D eigenvalue weighted by atomic mass is 9.97. The summed E-state index contributed by atoms with van der Waals surface area (Å²) < 4.78 is 41.3. The third-order valence-corrected chi connectivity index (χ3v) is 5.87. The molecule has 0 unspecified atom stereocenters. The van der Waals surface area contributed by atoms with Gasteiger partial charge in [0, 0.05) is 42.5 Å². The number of rotatable bonds is 5. The van der Waals surface area contributed by atoms with Crippen molar-refractivity contribution in [3.05, 3.63) is 90.6 Å². The molecule has 2 aromatic heterocycles. The minimum Gasteiger partial charge on any atom is -0.387 e. The van der Waals surface area contributed by atoms with Crippen molar-refractivity contribution in [3.8, 4) is 0 Å². The Kier molecular flexibility index (Phi) is 5.68. The Balaban J connectivity index is 1.35. The average molecular weight is 477 g/mol. The monoisotopic (exact) mass is 477 g/mol. The lowest BCUT2D eigenvalue weighted by molar-refractivity contribution is -0.139. The smallest absolute Gasteiger partial charge is 0.387 e. The molecule has 9 heteroatoms. The van der Waals surface area contributed by atoms with Crippen LogP contribution in [0.15, 0.2) is 85.0 Å². The van der Waals surface area contributed by atoms with E-state index in [2.05, 4.69) is 21.7 Å². The van der Waals surface area contributed by atoms with Gasteiger partial charge in [0.25, 0.3) is 0 Å². The molecule has 1 aliphatic rings. The number of anilines is 1. The van der Waals surface area contributed by atoms with Gasteiger partial charge in [0.2, 0.25) is 5.91 Å². The second-order valence-corrected chi connectivity index (χ2v) is 8.37. The third kappa shape index (κ3) is 4.84. The van der Waals surface area contributed by atoms with Crippen molar-refractivity contribution in [3.63, 3.8) is 0 Å². The van der Waals surface area contributed by atoms with Gasteiger partial charge >= 0.3 is 6.18 Å². The fourth-order valence-corrected chi connectivity index (χ4v) is 4.21. The molecule has 0 saturated heterocycles. The Hall–Kier alpha value is -4.27. The van der Waals surface area contributed by atoms with Gasteiger partial charge in [-0.05, 0) is 65.4 Å². The first-order valence-electron chi connectivity index (χ1n) is 11.0. The van der Waals surface area contributed by atoms with E-state index in [0.29, 0.717) is 23.1 Å². The van der Waals surface area contributed by atoms with Crippen molar-refractivity contribution in [2.45, 2.75) is 12.7 Å². The second kappa shape index (κ2) is 8.83. The number of fused-ring (bicyclic) bond motifs is 2. The van der Waals surface area contributed by atoms with Gasteiger partial charge in [-0.2, -0.15) is 13.2 Å². The van der Waals surface area contributed by atoms with Crippen molar-refractivity contribution in [1.82, 2.24) is 19.4 Å². The van der Waals surface area contributed by atoms with Crippen molar-refractivity contribution in [2.24, 2.45) is 7.05 Å². The summed E-state index contributed by atoms with van der Waals surface area (Å²) >= 11 is 0. The van der Waals surface area contributed by atoms with Gasteiger partial charge in [0.1, 0.15) is 6.54 Å². The van der Waals surface area contributed by atoms with Crippen LogP contribution in [0, 0.1) is 0 Å². The van der Waals surface area contributed by atoms with Crippen molar-refractivity contribution in [1.29, 1.82) is 0 Å². The maximum absolute atomic E-state index is 12.7. The number of benzene rings is 2. The lowest BCUT2D eigenvalue weighted by Crippen LogP contribution is -2.16. The van der Waals surface area contributed by atoms with E-state index in [0.717, 1.165) is 32.3 Å². The number of dihydropyridines is 1. The van der Waals surface area contributed by atoms with Gasteiger partial charge in [-0.15, -0.1) is 0 Å². The molecule has 1 amide bonds. The molecule has 0 radical (unpaired) electrons. The Bertz CT molecular complexity index is 1520. The number of hydrogen-bond acceptors (Lipinski definition) is 3. The van der Waals surface area contributed by atoms with Crippen LogP contribution in [0.4, 0.5) is 18.9 Å². The summed E-state index contributed by atoms with van der Waals surface area (Å²) in [6, 6.07) is 12.5. The molecule has 0 saturated carbocycles. The quantitative estimate of drug-likeness (QED) is 0.391. The molecule has 3 heterocycles. The molecular weight excluding hydrogens is 455 g/mol. The zero-order chi connectivity index (χ0) is 24.6. The molecule has 0 aliphatic carbocycles. The first-order chi connectivity index (χ1) is 16.8. The van der Waals surface area contributed by atoms with Gasteiger partial charge in [-0.3, -0.25) is 4.79 Å². The van der Waals surface area contributed by atoms with Gasteiger partial charge in [-0.1, -0.05) is 12.1 Å². The summed E-state index contributed by atoms with van der Waals surface area (Å²) in [5.41, 5.74) is 5.87. The van der Waals surface area contributed by atoms with E-state index in [1.807, 2.05) is 36.0 Å². The number of allylic oxidation sites excluding steroid dienone is 2. The molecule has 4 aromatic rings. The Morgan fingerprint density at radius 2 is 2.03 bits per heavy atom. The number of halogens is 3. The van der Waals surface area contributed by atoms with Gasteiger partial charge in [0.15, 0.2) is 0 Å². The lowest BCUT2D eigenvalue weighted by Gasteiger charge is -2.15. The number of imidazole rings is 1. The van der Waals surface area contributed by atoms with Crippen molar-refractivity contribution in [2.75, 3.05) is 11.9 Å². The number of aromatic nitrogens is 3. The van der Waals surface area contributed by atoms with Crippen LogP contribution in [0.3, 0.4) is 0 Å². The number of nitrogens with zero attached hydrogens (tertiary/aromatic N) is 3. The zero-order valence-electron chi connectivity index (χ0n) is 18.8. The van der Waals surface area contributed by atoms with E-state index in [4.69, 9.17) is 0 Å². The topological polar surface area (TPSA) is 63.9 Å². The minimum absolute atomic E-state index is 0.331. The fraction of sp³-hybridized carbons (Fsp3) is 0.154. The van der Waals surface area contributed by atoms with Crippen LogP contribution in [0.1, 0.15) is 5.56 Å². The van der Waals surface area contributed by atoms with Crippen molar-refractivity contribution < 1.29 is 18.0 Å². The maximum atomic E-state index is 12.7. The van der Waals surface area contributed by atoms with E-state index < -0.39 is 12.7 Å². The van der Waals surface area contributed by atoms with Crippen LogP contribution in [-0.4, -0.2) is 32.7 Å². The highest BCUT2D eigenvalue weighted by atomic mass is 19.4. The normalized spacial score (nSPS) is 14.3. The maximum Gasteiger partial charge on any atom is 0.406 e. The molecular formula is C26H22F3N5O. The fourth-order valence-electron chi connectivity index (χ4n) is 4.21. The van der Waals surface area contributed by atoms with E-state index >= 15 is 0 Å². The van der Waals surface area contributed by atoms with E-state index in [1.165, 1.54) is 12.3 Å². The molecule has 0 spiro atoms. The number of aryl methyl sites for hydroxylation is 1. The summed E-state index contributed by atoms with van der Waals surface area (Å²) in [6.07, 6.45) is 5.94. The van der Waals surface area contributed by atoms with E-state index in [9.17, 15) is 18.0 Å². The largest absolute Gasteiger partial charge is 0.406 e. The number of amides is 1. The Morgan fingerprint density at radius 1 is 1.17 bits per heavy atom. The Morgan fingerprint density at radius 3 is 2.86 bits per heavy atom. The SMILES string of the molecule is Cn1cnc2ccc(C3=C(/C=C/C(=O)Nc4ccc5c(ccn5CC(F)(F)F)c4)CNC=C3)cc21. The van der Waals surface area contributed by atoms with Crippen LogP contribution >= 0.6 is 0 Å². The summed E-state index contributed by atoms with van der Waals surface area (Å²) in [6.45, 7) is -0.490. The average Bonchev–Trinajstić information content (AvgIpc) is 3.39. The van der Waals surface area contributed by atoms with Crippen LogP contribution in [0.25, 0.3) is 27.5 Å². The number of hydrogen-bond donors (Lipinski definition) is 2. The first kappa shape index (κ1) is 22.5. The highest BCUT2D eigenvalue weighted by molar-refractivity contribution is 6.01. The number of alkyl halides is 3. The van der Waals surface area contributed by atoms with Crippen LogP contribution in [0.5, 0.6) is 0 Å². The van der Waals surface area contributed by atoms with Gasteiger partial charge < -0.3 is 19.8 Å². The molecule has 2 aromatic carbocycles. The molecule has 2 N–H and O–H groups in total. The number of carbonyl (C=O) groups excluding carboxylic acids is 1. The first-order valence-corrected chi connectivity index (χ1v) is 11.0. The Labute approximate surface area is 199 Å². The molecule has 5 rings (SSSR count). The highest BCUT2D eigenvalue weighted by Gasteiger charge is 2.28. The van der Waals surface area contributed by atoms with Crippen molar-refractivity contribution >= 4 is 39.1 Å². The summed E-state index contributed by atoms with van der Waals surface area (Å²) in [7, 11) is 1.94. The predicted octanol–water partition coefficient (Wildman–Crippen LogP) is 5.16. The van der Waals surface area contributed by atoms with Crippen LogP contribution in [-0.2, 0) is 18.4 Å². The molecule has 6 nitrogen and oxygen atoms in total. The third-order valence-electron chi connectivity index (χ3n) is 5.87. The van der Waals surface area contributed by atoms with Gasteiger partial charge in [0.05, 0.1) is 17.4 Å².